The first-order valence-corrected chi connectivity index (χ1v) is 6.48. The minimum Gasteiger partial charge on any atom is -0.423 e. The molecule has 0 amide bonds. The van der Waals surface area contributed by atoms with Gasteiger partial charge in [-0.15, -0.1) is 0 Å². The molecule has 0 spiro atoms. The van der Waals surface area contributed by atoms with Crippen molar-refractivity contribution >= 4 is 34.4 Å². The standard InChI is InChI=1S/C15H16BNO2/c1-10(2)17-14-6-4-3-5-12(14)13-9-11(16(18)19)7-8-15(13)17/h3-10,18-19H,1-2H3. The molecule has 0 fully saturated rings. The van der Waals surface area contributed by atoms with Gasteiger partial charge in [-0.25, -0.2) is 0 Å². The smallest absolute Gasteiger partial charge is 0.423 e. The Bertz CT molecular complexity index is 746. The maximum atomic E-state index is 9.32. The van der Waals surface area contributed by atoms with Crippen LogP contribution in [0.15, 0.2) is 42.5 Å². The third-order valence-corrected chi connectivity index (χ3v) is 3.55. The normalized spacial score (nSPS) is 11.6. The molecule has 0 unspecified atom stereocenters. The topological polar surface area (TPSA) is 45.4 Å². The Kier molecular flexibility index (Phi) is 2.84. The van der Waals surface area contributed by atoms with Gasteiger partial charge in [0.1, 0.15) is 0 Å². The molecule has 96 valence electrons. The van der Waals surface area contributed by atoms with E-state index in [9.17, 15) is 10.0 Å². The molecule has 0 aliphatic rings. The van der Waals surface area contributed by atoms with Crippen LogP contribution in [0.4, 0.5) is 0 Å². The number of hydrogen-bond acceptors (Lipinski definition) is 2. The zero-order chi connectivity index (χ0) is 13.6. The summed E-state index contributed by atoms with van der Waals surface area (Å²) in [6, 6.07) is 14.2. The molecule has 0 saturated heterocycles. The molecule has 0 saturated carbocycles. The highest BCUT2D eigenvalue weighted by atomic mass is 16.4. The Hall–Kier alpha value is -1.78. The Morgan fingerprint density at radius 1 is 0.947 bits per heavy atom. The summed E-state index contributed by atoms with van der Waals surface area (Å²) in [4.78, 5) is 0. The second-order valence-electron chi connectivity index (χ2n) is 5.13. The van der Waals surface area contributed by atoms with Gasteiger partial charge >= 0.3 is 7.12 Å². The maximum absolute atomic E-state index is 9.32. The van der Waals surface area contributed by atoms with E-state index in [0.717, 1.165) is 16.3 Å². The van der Waals surface area contributed by atoms with Crippen molar-refractivity contribution in [3.8, 4) is 0 Å². The van der Waals surface area contributed by atoms with Crippen LogP contribution in [0.3, 0.4) is 0 Å². The van der Waals surface area contributed by atoms with Gasteiger partial charge in [0.15, 0.2) is 0 Å². The maximum Gasteiger partial charge on any atom is 0.488 e. The number of para-hydroxylation sites is 1. The van der Waals surface area contributed by atoms with Gasteiger partial charge in [0, 0.05) is 27.8 Å². The zero-order valence-corrected chi connectivity index (χ0v) is 11.0. The van der Waals surface area contributed by atoms with Crippen LogP contribution < -0.4 is 5.46 Å². The summed E-state index contributed by atoms with van der Waals surface area (Å²) in [7, 11) is -1.43. The molecule has 3 aromatic rings. The van der Waals surface area contributed by atoms with Gasteiger partial charge in [-0.3, -0.25) is 0 Å². The summed E-state index contributed by atoms with van der Waals surface area (Å²) in [6.45, 7) is 4.31. The quantitative estimate of drug-likeness (QED) is 0.686. The van der Waals surface area contributed by atoms with Crippen LogP contribution in [0.1, 0.15) is 19.9 Å². The highest BCUT2D eigenvalue weighted by molar-refractivity contribution is 6.59. The van der Waals surface area contributed by atoms with Crippen molar-refractivity contribution in [2.24, 2.45) is 0 Å². The summed E-state index contributed by atoms with van der Waals surface area (Å²) in [6.07, 6.45) is 0. The van der Waals surface area contributed by atoms with Gasteiger partial charge in [0.2, 0.25) is 0 Å². The SMILES string of the molecule is CC(C)n1c2ccccc2c2cc(B(O)O)ccc21. The minimum atomic E-state index is -1.43. The van der Waals surface area contributed by atoms with Crippen molar-refractivity contribution in [3.63, 3.8) is 0 Å². The van der Waals surface area contributed by atoms with Crippen molar-refractivity contribution < 1.29 is 10.0 Å². The second-order valence-corrected chi connectivity index (χ2v) is 5.13. The molecule has 3 nitrogen and oxygen atoms in total. The highest BCUT2D eigenvalue weighted by Crippen LogP contribution is 2.30. The van der Waals surface area contributed by atoms with Gasteiger partial charge in [-0.05, 0) is 31.4 Å². The third kappa shape index (κ3) is 1.84. The molecular formula is C15H16BNO2. The molecule has 0 aliphatic heterocycles. The van der Waals surface area contributed by atoms with Crippen LogP contribution in [-0.2, 0) is 0 Å². The van der Waals surface area contributed by atoms with Crippen LogP contribution in [0, 0.1) is 0 Å². The molecule has 0 aliphatic carbocycles. The first-order valence-electron chi connectivity index (χ1n) is 6.48. The third-order valence-electron chi connectivity index (χ3n) is 3.55. The van der Waals surface area contributed by atoms with E-state index in [1.54, 1.807) is 6.07 Å². The number of aromatic nitrogens is 1. The minimum absolute atomic E-state index is 0.354. The van der Waals surface area contributed by atoms with Crippen LogP contribution >= 0.6 is 0 Å². The largest absolute Gasteiger partial charge is 0.488 e. The summed E-state index contributed by atoms with van der Waals surface area (Å²) >= 11 is 0. The van der Waals surface area contributed by atoms with Crippen molar-refractivity contribution in [2.75, 3.05) is 0 Å². The molecule has 0 atom stereocenters. The number of rotatable bonds is 2. The summed E-state index contributed by atoms with van der Waals surface area (Å²) in [5.41, 5.74) is 2.83. The lowest BCUT2D eigenvalue weighted by Gasteiger charge is -2.11. The van der Waals surface area contributed by atoms with E-state index in [2.05, 4.69) is 30.5 Å². The highest BCUT2D eigenvalue weighted by Gasteiger charge is 2.16. The predicted molar refractivity (Wildman–Crippen MR) is 79.7 cm³/mol. The predicted octanol–water partition coefficient (Wildman–Crippen LogP) is 2.06. The number of nitrogens with zero attached hydrogens (tertiary/aromatic N) is 1. The monoisotopic (exact) mass is 253 g/mol. The van der Waals surface area contributed by atoms with Crippen LogP contribution in [-0.4, -0.2) is 21.7 Å². The molecule has 2 aromatic carbocycles. The fraction of sp³-hybridized carbons (Fsp3) is 0.200. The van der Waals surface area contributed by atoms with E-state index in [0.29, 0.717) is 11.5 Å². The molecule has 1 heterocycles. The van der Waals surface area contributed by atoms with Crippen LogP contribution in [0.5, 0.6) is 0 Å². The summed E-state index contributed by atoms with van der Waals surface area (Å²) in [5.74, 6) is 0. The van der Waals surface area contributed by atoms with E-state index in [4.69, 9.17) is 0 Å². The lowest BCUT2D eigenvalue weighted by molar-refractivity contribution is 0.426. The van der Waals surface area contributed by atoms with Crippen molar-refractivity contribution in [3.05, 3.63) is 42.5 Å². The zero-order valence-electron chi connectivity index (χ0n) is 11.0. The summed E-state index contributed by atoms with van der Waals surface area (Å²) < 4.78 is 2.28. The average Bonchev–Trinajstić information content (AvgIpc) is 2.72. The Balaban J connectivity index is 2.45. The average molecular weight is 253 g/mol. The van der Waals surface area contributed by atoms with Crippen LogP contribution in [0.2, 0.25) is 0 Å². The first-order chi connectivity index (χ1) is 9.09. The molecule has 3 rings (SSSR count). The molecule has 19 heavy (non-hydrogen) atoms. The van der Waals surface area contributed by atoms with E-state index >= 15 is 0 Å². The Morgan fingerprint density at radius 2 is 1.63 bits per heavy atom. The van der Waals surface area contributed by atoms with Crippen molar-refractivity contribution in [1.82, 2.24) is 4.57 Å². The number of fused-ring (bicyclic) bond motifs is 3. The number of hydrogen-bond donors (Lipinski definition) is 2. The van der Waals surface area contributed by atoms with E-state index in [1.165, 1.54) is 5.52 Å². The van der Waals surface area contributed by atoms with Gasteiger partial charge in [0.25, 0.3) is 0 Å². The number of benzene rings is 2. The summed E-state index contributed by atoms with van der Waals surface area (Å²) in [5, 5.41) is 20.9. The molecule has 0 radical (unpaired) electrons. The molecular weight excluding hydrogens is 237 g/mol. The first kappa shape index (κ1) is 12.3. The molecule has 1 aromatic heterocycles. The van der Waals surface area contributed by atoms with Crippen molar-refractivity contribution in [2.45, 2.75) is 19.9 Å². The molecule has 2 N–H and O–H groups in total. The van der Waals surface area contributed by atoms with Gasteiger partial charge < -0.3 is 14.6 Å². The molecule has 4 heteroatoms. The van der Waals surface area contributed by atoms with E-state index < -0.39 is 7.12 Å². The van der Waals surface area contributed by atoms with Gasteiger partial charge in [-0.2, -0.15) is 0 Å². The Morgan fingerprint density at radius 3 is 2.32 bits per heavy atom. The molecule has 0 bridgehead atoms. The van der Waals surface area contributed by atoms with Gasteiger partial charge in [-0.1, -0.05) is 30.3 Å². The van der Waals surface area contributed by atoms with E-state index in [-0.39, 0.29) is 0 Å². The lowest BCUT2D eigenvalue weighted by atomic mass is 9.80. The second kappa shape index (κ2) is 4.40. The lowest BCUT2D eigenvalue weighted by Crippen LogP contribution is -2.29. The van der Waals surface area contributed by atoms with Crippen LogP contribution in [0.25, 0.3) is 21.8 Å². The fourth-order valence-corrected chi connectivity index (χ4v) is 2.74. The van der Waals surface area contributed by atoms with Crippen molar-refractivity contribution in [1.29, 1.82) is 0 Å². The Labute approximate surface area is 112 Å². The fourth-order valence-electron chi connectivity index (χ4n) is 2.74. The van der Waals surface area contributed by atoms with Gasteiger partial charge in [0.05, 0.1) is 0 Å². The van der Waals surface area contributed by atoms with E-state index in [1.807, 2.05) is 24.3 Å².